The minimum atomic E-state index is -1.59. The summed E-state index contributed by atoms with van der Waals surface area (Å²) in [5, 5.41) is 33.7. The van der Waals surface area contributed by atoms with E-state index in [1.54, 1.807) is 12.3 Å². The number of allylic oxidation sites excluding steroid dienone is 3. The van der Waals surface area contributed by atoms with Crippen molar-refractivity contribution in [1.82, 2.24) is 9.97 Å². The first kappa shape index (κ1) is 49.5. The van der Waals surface area contributed by atoms with Gasteiger partial charge in [0, 0.05) is 43.6 Å². The lowest BCUT2D eigenvalue weighted by Gasteiger charge is -2.44. The Kier molecular flexibility index (Phi) is 16.6. The van der Waals surface area contributed by atoms with E-state index in [2.05, 4.69) is 12.5 Å². The monoisotopic (exact) mass is 910 g/mol. The average molecular weight is 911 g/mol. The van der Waals surface area contributed by atoms with Crippen LogP contribution >= 0.6 is 0 Å². The van der Waals surface area contributed by atoms with Gasteiger partial charge in [-0.15, -0.1) is 12.3 Å². The maximum Gasteiger partial charge on any atom is 0.330 e. The summed E-state index contributed by atoms with van der Waals surface area (Å²) in [7, 11) is 0. The quantitative estimate of drug-likeness (QED) is 0.0944. The molecular weight excluding hydrogens is 841 g/mol. The van der Waals surface area contributed by atoms with Gasteiger partial charge in [0.05, 0.1) is 55.3 Å². The predicted molar refractivity (Wildman–Crippen MR) is 249 cm³/mol. The van der Waals surface area contributed by atoms with Crippen LogP contribution in [-0.2, 0) is 34.9 Å². The second kappa shape index (κ2) is 22.1. The Morgan fingerprint density at radius 1 is 0.985 bits per heavy atom. The Labute approximate surface area is 390 Å². The van der Waals surface area contributed by atoms with Crippen molar-refractivity contribution in [2.24, 2.45) is 23.7 Å². The molecule has 4 saturated heterocycles. The number of hydrogen-bond acceptors (Lipinski definition) is 13. The fourth-order valence-electron chi connectivity index (χ4n) is 10.4. The minimum absolute atomic E-state index is 0.00216. The van der Waals surface area contributed by atoms with E-state index in [0.717, 1.165) is 16.7 Å². The van der Waals surface area contributed by atoms with Gasteiger partial charge in [-0.05, 0) is 81.9 Å². The van der Waals surface area contributed by atoms with Crippen molar-refractivity contribution >= 4 is 18.1 Å². The van der Waals surface area contributed by atoms with E-state index in [9.17, 15) is 20.1 Å². The van der Waals surface area contributed by atoms with Crippen molar-refractivity contribution in [2.75, 3.05) is 0 Å². The molecule has 0 saturated carbocycles. The minimum Gasteiger partial charge on any atom is -0.458 e. The number of hydrogen-bond donors (Lipinski definition) is 3. The van der Waals surface area contributed by atoms with Gasteiger partial charge in [0.1, 0.15) is 36.1 Å². The molecule has 15 atom stereocenters. The molecule has 2 aromatic rings. The molecule has 13 nitrogen and oxygen atoms in total. The first-order chi connectivity index (χ1) is 31.5. The van der Waals surface area contributed by atoms with E-state index in [1.165, 1.54) is 12.3 Å². The van der Waals surface area contributed by atoms with Crippen LogP contribution in [0.25, 0.3) is 12.2 Å². The van der Waals surface area contributed by atoms with Gasteiger partial charge in [0.15, 0.2) is 11.7 Å². The Bertz CT molecular complexity index is 2180. The number of esters is 1. The summed E-state index contributed by atoms with van der Waals surface area (Å²) in [5.74, 6) is 1.25. The van der Waals surface area contributed by atoms with E-state index < -0.39 is 48.4 Å². The molecule has 5 aliphatic rings. The third-order valence-electron chi connectivity index (χ3n) is 13.6. The average Bonchev–Trinajstić information content (AvgIpc) is 3.90. The molecule has 4 fully saturated rings. The molecule has 7 heterocycles. The number of nitrogens with zero attached hydrogens (tertiary/aromatic N) is 2. The molecule has 0 unspecified atom stereocenters. The molecule has 0 amide bonds. The summed E-state index contributed by atoms with van der Waals surface area (Å²) in [6.45, 7) is 16.3. The van der Waals surface area contributed by atoms with Crippen molar-refractivity contribution < 1.29 is 52.6 Å². The number of aromatic nitrogens is 2. The molecule has 66 heavy (non-hydrogen) atoms. The fraction of sp³-hybridized carbons (Fsp3) is 0.604. The van der Waals surface area contributed by atoms with E-state index >= 15 is 0 Å². The summed E-state index contributed by atoms with van der Waals surface area (Å²) in [4.78, 5) is 23.0. The van der Waals surface area contributed by atoms with Gasteiger partial charge >= 0.3 is 5.97 Å². The Morgan fingerprint density at radius 3 is 2.58 bits per heavy atom. The molecule has 0 aliphatic carbocycles. The van der Waals surface area contributed by atoms with E-state index in [0.29, 0.717) is 87.4 Å². The summed E-state index contributed by atoms with van der Waals surface area (Å²) >= 11 is 0. The van der Waals surface area contributed by atoms with E-state index in [-0.39, 0.29) is 54.5 Å². The van der Waals surface area contributed by atoms with E-state index in [1.807, 2.05) is 78.0 Å². The highest BCUT2D eigenvalue weighted by atomic mass is 16.6. The molecule has 0 radical (unpaired) electrons. The Morgan fingerprint density at radius 2 is 1.77 bits per heavy atom. The topological polar surface area (TPSA) is 176 Å². The number of carbonyl (C=O) groups excluding carboxylic acids is 1. The first-order valence-electron chi connectivity index (χ1n) is 23.8. The van der Waals surface area contributed by atoms with Crippen LogP contribution in [0.5, 0.6) is 0 Å². The van der Waals surface area contributed by atoms with Crippen molar-refractivity contribution in [3.8, 4) is 12.3 Å². The molecular formula is C53H70N2O11. The lowest BCUT2D eigenvalue weighted by molar-refractivity contribution is -0.276. The molecule has 0 aromatic carbocycles. The van der Waals surface area contributed by atoms with Crippen molar-refractivity contribution in [3.05, 3.63) is 95.4 Å². The first-order valence-corrected chi connectivity index (χ1v) is 23.8. The zero-order chi connectivity index (χ0) is 47.1. The smallest absolute Gasteiger partial charge is 0.330 e. The van der Waals surface area contributed by atoms with Gasteiger partial charge in [-0.1, -0.05) is 75.8 Å². The number of ether oxygens (including phenoxy) is 5. The lowest BCUT2D eigenvalue weighted by atomic mass is 9.79. The van der Waals surface area contributed by atoms with Gasteiger partial charge < -0.3 is 47.8 Å². The Hall–Kier alpha value is -4.39. The number of fused-ring (bicyclic) bond motifs is 9. The van der Waals surface area contributed by atoms with Crippen LogP contribution in [0.4, 0.5) is 0 Å². The van der Waals surface area contributed by atoms with Crippen LogP contribution in [0.3, 0.4) is 0 Å². The number of terminal acetylenes is 1. The highest BCUT2D eigenvalue weighted by Crippen LogP contribution is 2.40. The van der Waals surface area contributed by atoms with Crippen LogP contribution < -0.4 is 0 Å². The van der Waals surface area contributed by atoms with Crippen molar-refractivity contribution in [2.45, 2.75) is 179 Å². The number of rotatable bonds is 9. The SMILES string of the molecule is C#CC[C@@H](C)/C=C/C(C)=C/[C@@H](O)[C@H]1C[C@@H](C)C[C@@](O)(Cc2nc(/C=C(\C)[C@@H]3O[C@@H]4C/C=C/c5nc(co5)[C@H]5C[C@H](O)C[C@@H](C[C@H]6CC(=C)C[C@H](C/C=C\C(=O)O[C@@H]([C@H]4C)[C@H]3C)O6)O5)co2)O1. The third kappa shape index (κ3) is 13.2. The number of aliphatic hydroxyl groups excluding tert-OH is 2. The summed E-state index contributed by atoms with van der Waals surface area (Å²) < 4.78 is 44.0. The van der Waals surface area contributed by atoms with Crippen LogP contribution in [0.2, 0.25) is 0 Å². The van der Waals surface area contributed by atoms with Crippen LogP contribution in [-0.4, -0.2) is 92.0 Å². The summed E-state index contributed by atoms with van der Waals surface area (Å²) in [6, 6.07) is 0. The second-order valence-electron chi connectivity index (χ2n) is 19.8. The van der Waals surface area contributed by atoms with Gasteiger partial charge in [-0.3, -0.25) is 0 Å². The summed E-state index contributed by atoms with van der Waals surface area (Å²) in [5.41, 5.74) is 3.99. The lowest BCUT2D eigenvalue weighted by Crippen LogP contribution is -2.50. The fourth-order valence-corrected chi connectivity index (χ4v) is 10.4. The molecule has 3 N–H and O–H groups in total. The molecule has 13 heteroatoms. The third-order valence-corrected chi connectivity index (χ3v) is 13.6. The molecule has 0 spiro atoms. The standard InChI is InChI=1S/C53H70N2O11/c1-9-12-31(2)17-18-32(3)21-44(57)47-22-34(5)27-53(59,66-47)28-49-54-38(29-60-49)23-35(6)51-37(8)52-36(7)45(64-51)14-11-15-48-55-43(30-61-48)46-25-39(56)24-42(63-46)26-41-20-33(4)19-40(62-41)13-10-16-50(58)65-52/h1,10-11,15-18,21,23,29-31,34,36-37,39-42,44-47,51-52,56-57,59H,4,12-14,19-20,22,24-28H2,2-3,5-8H3/b15-11+,16-10-,18-17+,32-21+,35-23+/t31-,34-,36+,37+,39-,40+,41-,42+,44-,45-,46-,47-,51+,52+,53+/m1/s1. The molecule has 5 aliphatic heterocycles. The zero-order valence-corrected chi connectivity index (χ0v) is 39.4. The van der Waals surface area contributed by atoms with Crippen molar-refractivity contribution in [1.29, 1.82) is 0 Å². The number of carbonyl (C=O) groups is 1. The largest absolute Gasteiger partial charge is 0.458 e. The second-order valence-corrected chi connectivity index (χ2v) is 19.8. The van der Waals surface area contributed by atoms with E-state index in [4.69, 9.17) is 48.9 Å². The number of oxazole rings is 2. The molecule has 7 rings (SSSR count). The highest BCUT2D eigenvalue weighted by molar-refractivity contribution is 5.82. The van der Waals surface area contributed by atoms with Crippen LogP contribution in [0.15, 0.2) is 81.1 Å². The molecule has 8 bridgehead atoms. The normalized spacial score (nSPS) is 37.0. The van der Waals surface area contributed by atoms with Gasteiger partial charge in [0.25, 0.3) is 0 Å². The zero-order valence-electron chi connectivity index (χ0n) is 39.4. The van der Waals surface area contributed by atoms with Crippen LogP contribution in [0.1, 0.15) is 135 Å². The predicted octanol–water partition coefficient (Wildman–Crippen LogP) is 8.72. The van der Waals surface area contributed by atoms with Crippen molar-refractivity contribution in [3.63, 3.8) is 0 Å². The molecule has 2 aromatic heterocycles. The van der Waals surface area contributed by atoms with Gasteiger partial charge in [-0.25, -0.2) is 14.8 Å². The summed E-state index contributed by atoms with van der Waals surface area (Å²) in [6.07, 6.45) is 24.6. The van der Waals surface area contributed by atoms with Gasteiger partial charge in [0.2, 0.25) is 5.89 Å². The maximum absolute atomic E-state index is 13.5. The number of aliphatic hydroxyl groups is 3. The van der Waals surface area contributed by atoms with Gasteiger partial charge in [-0.2, -0.15) is 0 Å². The molecule has 358 valence electrons. The highest BCUT2D eigenvalue weighted by Gasteiger charge is 2.45. The maximum atomic E-state index is 13.5. The van der Waals surface area contributed by atoms with Crippen LogP contribution in [0, 0.1) is 36.0 Å². The Balaban J connectivity index is 1.06.